The van der Waals surface area contributed by atoms with Crippen LogP contribution < -0.4 is 10.1 Å². The van der Waals surface area contributed by atoms with Crippen LogP contribution in [0.5, 0.6) is 5.75 Å². The fourth-order valence-electron chi connectivity index (χ4n) is 4.07. The molecule has 138 valence electrons. The zero-order valence-electron chi connectivity index (χ0n) is 15.0. The molecule has 2 atom stereocenters. The van der Waals surface area contributed by atoms with Crippen LogP contribution in [0.25, 0.3) is 0 Å². The van der Waals surface area contributed by atoms with E-state index in [2.05, 4.69) is 5.32 Å². The Morgan fingerprint density at radius 1 is 1.00 bits per heavy atom. The summed E-state index contributed by atoms with van der Waals surface area (Å²) in [6, 6.07) is 15.2. The lowest BCUT2D eigenvalue weighted by atomic mass is 9.73. The summed E-state index contributed by atoms with van der Waals surface area (Å²) in [6.07, 6.45) is 1.37. The molecular formula is C22H20ClNO3. The Labute approximate surface area is 163 Å². The molecule has 0 spiro atoms. The molecule has 0 fully saturated rings. The van der Waals surface area contributed by atoms with Gasteiger partial charge >= 0.3 is 0 Å². The van der Waals surface area contributed by atoms with Crippen molar-refractivity contribution in [3.05, 3.63) is 76.0 Å². The molecule has 2 aliphatic rings. The number of methoxy groups -OCH3 is 1. The number of hydrogen-bond acceptors (Lipinski definition) is 3. The highest BCUT2D eigenvalue weighted by Gasteiger charge is 2.38. The molecule has 0 bridgehead atoms. The van der Waals surface area contributed by atoms with Crippen LogP contribution in [0.3, 0.4) is 0 Å². The summed E-state index contributed by atoms with van der Waals surface area (Å²) in [6.45, 7) is 0. The number of halogens is 1. The maximum Gasteiger partial charge on any atom is 0.225 e. The first-order valence-corrected chi connectivity index (χ1v) is 9.38. The van der Waals surface area contributed by atoms with Crippen molar-refractivity contribution in [1.29, 1.82) is 0 Å². The number of rotatable bonds is 3. The zero-order valence-corrected chi connectivity index (χ0v) is 15.8. The van der Waals surface area contributed by atoms with E-state index >= 15 is 0 Å². The smallest absolute Gasteiger partial charge is 0.225 e. The monoisotopic (exact) mass is 381 g/mol. The lowest BCUT2D eigenvalue weighted by Crippen LogP contribution is -2.38. The molecule has 1 heterocycles. The summed E-state index contributed by atoms with van der Waals surface area (Å²) in [5, 5.41) is 3.59. The number of carbonyl (C=O) groups is 2. The van der Waals surface area contributed by atoms with E-state index in [1.807, 2.05) is 36.4 Å². The van der Waals surface area contributed by atoms with E-state index in [9.17, 15) is 9.59 Å². The molecule has 1 N–H and O–H groups in total. The van der Waals surface area contributed by atoms with Crippen molar-refractivity contribution in [3.8, 4) is 5.75 Å². The maximum atomic E-state index is 13.1. The molecule has 5 heteroatoms. The van der Waals surface area contributed by atoms with Crippen LogP contribution in [-0.4, -0.2) is 18.8 Å². The predicted octanol–water partition coefficient (Wildman–Crippen LogP) is 4.35. The maximum absolute atomic E-state index is 13.1. The summed E-state index contributed by atoms with van der Waals surface area (Å²) in [4.78, 5) is 25.4. The standard InChI is InChI=1S/C22H20ClNO3/c1-27-17-4-2-3-14(9-17)15-10-19-22(20(25)11-15)18(12-21(26)24-19)13-5-7-16(23)8-6-13/h2-9,15,18H,10-12H2,1H3,(H,24,26). The number of ketones is 1. The Hall–Kier alpha value is -2.59. The molecule has 0 aromatic heterocycles. The third-order valence-electron chi connectivity index (χ3n) is 5.37. The van der Waals surface area contributed by atoms with Crippen LogP contribution in [0, 0.1) is 0 Å². The quantitative estimate of drug-likeness (QED) is 0.859. The van der Waals surface area contributed by atoms with E-state index in [0.29, 0.717) is 17.9 Å². The molecule has 1 aliphatic carbocycles. The zero-order chi connectivity index (χ0) is 19.0. The van der Waals surface area contributed by atoms with Crippen molar-refractivity contribution in [2.75, 3.05) is 7.11 Å². The highest BCUT2D eigenvalue weighted by molar-refractivity contribution is 6.30. The van der Waals surface area contributed by atoms with Crippen LogP contribution in [0.15, 0.2) is 59.8 Å². The summed E-state index contributed by atoms with van der Waals surface area (Å²) in [5.74, 6) is 0.656. The van der Waals surface area contributed by atoms with Gasteiger partial charge in [-0.3, -0.25) is 9.59 Å². The van der Waals surface area contributed by atoms with E-state index in [4.69, 9.17) is 16.3 Å². The van der Waals surface area contributed by atoms with Crippen LogP contribution in [-0.2, 0) is 9.59 Å². The highest BCUT2D eigenvalue weighted by Crippen LogP contribution is 2.43. The summed E-state index contributed by atoms with van der Waals surface area (Å²) < 4.78 is 5.30. The molecule has 2 aromatic carbocycles. The second-order valence-electron chi connectivity index (χ2n) is 7.05. The number of amides is 1. The van der Waals surface area contributed by atoms with Crippen molar-refractivity contribution in [2.45, 2.75) is 31.1 Å². The lowest BCUT2D eigenvalue weighted by molar-refractivity contribution is -0.122. The molecule has 4 nitrogen and oxygen atoms in total. The largest absolute Gasteiger partial charge is 0.497 e. The van der Waals surface area contributed by atoms with Gasteiger partial charge in [-0.2, -0.15) is 0 Å². The van der Waals surface area contributed by atoms with Gasteiger partial charge in [0.1, 0.15) is 5.75 Å². The first-order valence-electron chi connectivity index (χ1n) is 9.00. The molecule has 0 saturated heterocycles. The average molecular weight is 382 g/mol. The fraction of sp³-hybridized carbons (Fsp3) is 0.273. The molecule has 27 heavy (non-hydrogen) atoms. The Morgan fingerprint density at radius 3 is 2.52 bits per heavy atom. The van der Waals surface area contributed by atoms with Gasteiger partial charge in [-0.15, -0.1) is 0 Å². The summed E-state index contributed by atoms with van der Waals surface area (Å²) in [7, 11) is 1.63. The van der Waals surface area contributed by atoms with E-state index in [-0.39, 0.29) is 29.9 Å². The minimum atomic E-state index is -0.204. The molecule has 4 rings (SSSR count). The number of hydrogen-bond donors (Lipinski definition) is 1. The Bertz CT molecular complexity index is 933. The van der Waals surface area contributed by atoms with Crippen LogP contribution in [0.4, 0.5) is 0 Å². The molecule has 1 aliphatic heterocycles. The Kier molecular flexibility index (Phi) is 4.75. The number of nitrogens with one attached hydrogen (secondary N) is 1. The minimum Gasteiger partial charge on any atom is -0.497 e. The molecule has 1 amide bonds. The fourth-order valence-corrected chi connectivity index (χ4v) is 4.20. The summed E-state index contributed by atoms with van der Waals surface area (Å²) >= 11 is 5.99. The SMILES string of the molecule is COc1cccc(C2CC(=O)C3=C(C2)NC(=O)CC3c2ccc(Cl)cc2)c1. The average Bonchev–Trinajstić information content (AvgIpc) is 2.67. The van der Waals surface area contributed by atoms with E-state index in [1.165, 1.54) is 0 Å². The molecule has 2 aromatic rings. The number of ether oxygens (including phenoxy) is 1. The Morgan fingerprint density at radius 2 is 1.78 bits per heavy atom. The van der Waals surface area contributed by atoms with Crippen molar-refractivity contribution < 1.29 is 14.3 Å². The second-order valence-corrected chi connectivity index (χ2v) is 7.49. The number of Topliss-reactive ketones (excluding diaryl/α,β-unsaturated/α-hetero) is 1. The van der Waals surface area contributed by atoms with Gasteiger partial charge in [0.2, 0.25) is 5.91 Å². The van der Waals surface area contributed by atoms with Gasteiger partial charge in [0, 0.05) is 35.1 Å². The third-order valence-corrected chi connectivity index (χ3v) is 5.63. The number of carbonyl (C=O) groups excluding carboxylic acids is 2. The van der Waals surface area contributed by atoms with Crippen molar-refractivity contribution in [1.82, 2.24) is 5.32 Å². The normalized spacial score (nSPS) is 22.3. The van der Waals surface area contributed by atoms with E-state index < -0.39 is 0 Å². The van der Waals surface area contributed by atoms with E-state index in [1.54, 1.807) is 19.2 Å². The highest BCUT2D eigenvalue weighted by atomic mass is 35.5. The van der Waals surface area contributed by atoms with Gasteiger partial charge < -0.3 is 10.1 Å². The van der Waals surface area contributed by atoms with Gasteiger partial charge in [0.25, 0.3) is 0 Å². The number of allylic oxidation sites excluding steroid dienone is 2. The van der Waals surface area contributed by atoms with Gasteiger partial charge in [-0.1, -0.05) is 35.9 Å². The van der Waals surface area contributed by atoms with Crippen molar-refractivity contribution in [2.24, 2.45) is 0 Å². The molecule has 2 unspecified atom stereocenters. The summed E-state index contributed by atoms with van der Waals surface area (Å²) in [5.41, 5.74) is 3.51. The van der Waals surface area contributed by atoms with Crippen LogP contribution in [0.2, 0.25) is 5.02 Å². The molecule has 0 saturated carbocycles. The third kappa shape index (κ3) is 3.50. The van der Waals surface area contributed by atoms with Gasteiger partial charge in [0.15, 0.2) is 5.78 Å². The van der Waals surface area contributed by atoms with E-state index in [0.717, 1.165) is 28.1 Å². The van der Waals surface area contributed by atoms with Gasteiger partial charge in [-0.25, -0.2) is 0 Å². The molecular weight excluding hydrogens is 362 g/mol. The minimum absolute atomic E-state index is 0.0376. The first kappa shape index (κ1) is 17.8. The van der Waals surface area contributed by atoms with Crippen LogP contribution in [0.1, 0.15) is 42.2 Å². The lowest BCUT2D eigenvalue weighted by Gasteiger charge is -2.34. The van der Waals surface area contributed by atoms with Gasteiger partial charge in [0.05, 0.1) is 7.11 Å². The van der Waals surface area contributed by atoms with Crippen molar-refractivity contribution >= 4 is 23.3 Å². The Balaban J connectivity index is 1.69. The predicted molar refractivity (Wildman–Crippen MR) is 104 cm³/mol. The second kappa shape index (κ2) is 7.20. The van der Waals surface area contributed by atoms with Crippen molar-refractivity contribution in [3.63, 3.8) is 0 Å². The first-order chi connectivity index (χ1) is 13.0. The number of benzene rings is 2. The van der Waals surface area contributed by atoms with Gasteiger partial charge in [-0.05, 0) is 47.7 Å². The molecule has 0 radical (unpaired) electrons. The topological polar surface area (TPSA) is 55.4 Å². The van der Waals surface area contributed by atoms with Crippen LogP contribution >= 0.6 is 11.6 Å².